The number of anilines is 1. The summed E-state index contributed by atoms with van der Waals surface area (Å²) >= 11 is 0. The van der Waals surface area contributed by atoms with Crippen LogP contribution in [0.2, 0.25) is 0 Å². The SMILES string of the molecule is CCCC(=O)Nc1cncc(-c2ncc3[nH]nc(-c4nc5c(-c6ccccn6)nccc5[nH]4)c3c2F)c1. The highest BCUT2D eigenvalue weighted by molar-refractivity contribution is 5.97. The van der Waals surface area contributed by atoms with Gasteiger partial charge in [0.05, 0.1) is 40.2 Å². The van der Waals surface area contributed by atoms with Crippen LogP contribution in [0.3, 0.4) is 0 Å². The Labute approximate surface area is 209 Å². The highest BCUT2D eigenvalue weighted by atomic mass is 19.1. The van der Waals surface area contributed by atoms with E-state index in [1.165, 1.54) is 18.6 Å². The fourth-order valence-electron chi connectivity index (χ4n) is 4.17. The summed E-state index contributed by atoms with van der Waals surface area (Å²) in [6, 6.07) is 8.99. The summed E-state index contributed by atoms with van der Waals surface area (Å²) in [5.74, 6) is -0.336. The Kier molecular flexibility index (Phi) is 5.56. The lowest BCUT2D eigenvalue weighted by molar-refractivity contribution is -0.116. The monoisotopic (exact) mass is 493 g/mol. The van der Waals surface area contributed by atoms with Gasteiger partial charge in [-0.25, -0.2) is 9.37 Å². The number of H-pyrrole nitrogens is 2. The molecule has 6 aromatic rings. The lowest BCUT2D eigenvalue weighted by Crippen LogP contribution is -2.10. The highest BCUT2D eigenvalue weighted by Crippen LogP contribution is 2.34. The number of amides is 1. The summed E-state index contributed by atoms with van der Waals surface area (Å²) in [5.41, 5.74) is 4.30. The molecule has 6 rings (SSSR count). The average Bonchev–Trinajstić information content (AvgIpc) is 3.54. The third kappa shape index (κ3) is 4.05. The second kappa shape index (κ2) is 9.19. The van der Waals surface area contributed by atoms with E-state index in [-0.39, 0.29) is 17.0 Å². The van der Waals surface area contributed by atoms with Gasteiger partial charge in [0, 0.05) is 30.6 Å². The Bertz CT molecular complexity index is 1760. The van der Waals surface area contributed by atoms with Crippen LogP contribution in [0, 0.1) is 5.82 Å². The number of aromatic amines is 2. The Morgan fingerprint density at radius 2 is 1.92 bits per heavy atom. The second-order valence-electron chi connectivity index (χ2n) is 8.40. The Morgan fingerprint density at radius 3 is 2.76 bits per heavy atom. The second-order valence-corrected chi connectivity index (χ2v) is 8.40. The van der Waals surface area contributed by atoms with Gasteiger partial charge >= 0.3 is 0 Å². The van der Waals surface area contributed by atoms with Gasteiger partial charge in [-0.1, -0.05) is 13.0 Å². The number of nitrogens with one attached hydrogen (secondary N) is 3. The molecular formula is C26H20FN9O. The topological polar surface area (TPSA) is 138 Å². The van der Waals surface area contributed by atoms with Gasteiger partial charge in [0.25, 0.3) is 0 Å². The maximum atomic E-state index is 15.9. The van der Waals surface area contributed by atoms with Crippen molar-refractivity contribution in [3.8, 4) is 34.2 Å². The number of halogens is 1. The Hall–Kier alpha value is -5.06. The largest absolute Gasteiger partial charge is 0.336 e. The molecule has 0 aliphatic rings. The van der Waals surface area contributed by atoms with Crippen LogP contribution >= 0.6 is 0 Å². The number of pyridine rings is 4. The maximum absolute atomic E-state index is 15.9. The van der Waals surface area contributed by atoms with Gasteiger partial charge in [-0.2, -0.15) is 5.10 Å². The van der Waals surface area contributed by atoms with E-state index in [0.29, 0.717) is 51.6 Å². The summed E-state index contributed by atoms with van der Waals surface area (Å²) in [6.45, 7) is 1.92. The number of fused-ring (bicyclic) bond motifs is 2. The number of carbonyl (C=O) groups excluding carboxylic acids is 1. The van der Waals surface area contributed by atoms with E-state index in [1.54, 1.807) is 24.5 Å². The van der Waals surface area contributed by atoms with Gasteiger partial charge in [-0.05, 0) is 30.7 Å². The smallest absolute Gasteiger partial charge is 0.224 e. The minimum atomic E-state index is -0.580. The van der Waals surface area contributed by atoms with Crippen LogP contribution in [0.25, 0.3) is 56.1 Å². The molecule has 0 spiro atoms. The molecule has 0 atom stereocenters. The van der Waals surface area contributed by atoms with Crippen molar-refractivity contribution in [3.63, 3.8) is 0 Å². The molecule has 0 fully saturated rings. The van der Waals surface area contributed by atoms with Crippen LogP contribution in [0.4, 0.5) is 10.1 Å². The molecule has 1 amide bonds. The van der Waals surface area contributed by atoms with E-state index in [9.17, 15) is 4.79 Å². The van der Waals surface area contributed by atoms with Crippen LogP contribution < -0.4 is 5.32 Å². The normalized spacial score (nSPS) is 11.3. The summed E-state index contributed by atoms with van der Waals surface area (Å²) in [4.78, 5) is 37.2. The highest BCUT2D eigenvalue weighted by Gasteiger charge is 2.21. The number of hydrogen-bond acceptors (Lipinski definition) is 7. The van der Waals surface area contributed by atoms with Crippen LogP contribution in [0.5, 0.6) is 0 Å². The molecule has 0 saturated carbocycles. The first-order valence-corrected chi connectivity index (χ1v) is 11.7. The molecule has 6 aromatic heterocycles. The molecule has 37 heavy (non-hydrogen) atoms. The van der Waals surface area contributed by atoms with Crippen molar-refractivity contribution in [2.24, 2.45) is 0 Å². The molecule has 0 bridgehead atoms. The third-order valence-electron chi connectivity index (χ3n) is 5.85. The Morgan fingerprint density at radius 1 is 1.00 bits per heavy atom. The number of rotatable bonds is 6. The fraction of sp³-hybridized carbons (Fsp3) is 0.115. The van der Waals surface area contributed by atoms with E-state index in [2.05, 4.69) is 40.4 Å². The number of carbonyl (C=O) groups is 1. The zero-order valence-electron chi connectivity index (χ0n) is 19.7. The number of imidazole rings is 1. The van der Waals surface area contributed by atoms with Gasteiger partial charge in [-0.15, -0.1) is 0 Å². The first-order valence-electron chi connectivity index (χ1n) is 11.7. The van der Waals surface area contributed by atoms with E-state index in [1.807, 2.05) is 25.1 Å². The predicted molar refractivity (Wildman–Crippen MR) is 137 cm³/mol. The summed E-state index contributed by atoms with van der Waals surface area (Å²) in [5, 5.41) is 10.2. The Balaban J connectivity index is 1.44. The lowest BCUT2D eigenvalue weighted by atomic mass is 10.1. The van der Waals surface area contributed by atoms with Gasteiger partial charge in [-0.3, -0.25) is 29.8 Å². The zero-order chi connectivity index (χ0) is 25.4. The molecule has 0 saturated heterocycles. The minimum Gasteiger partial charge on any atom is -0.336 e. The quantitative estimate of drug-likeness (QED) is 0.300. The molecule has 0 radical (unpaired) electrons. The van der Waals surface area contributed by atoms with E-state index in [4.69, 9.17) is 4.98 Å². The van der Waals surface area contributed by atoms with Crippen molar-refractivity contribution in [2.75, 3.05) is 5.32 Å². The standard InChI is InChI=1S/C26H20FN9O/c1-2-5-19(37)32-15-10-14(11-28-12-15)22-21(27)20-18(13-31-22)35-36-25(20)26-33-17-7-9-30-23(24(17)34-26)16-6-3-4-8-29-16/h3-4,6-13H,2,5H2,1H3,(H,32,37)(H,33,34)(H,35,36). The average molecular weight is 494 g/mol. The molecule has 0 aliphatic heterocycles. The van der Waals surface area contributed by atoms with Crippen molar-refractivity contribution in [1.29, 1.82) is 0 Å². The van der Waals surface area contributed by atoms with E-state index >= 15 is 4.39 Å². The third-order valence-corrected chi connectivity index (χ3v) is 5.85. The zero-order valence-corrected chi connectivity index (χ0v) is 19.7. The van der Waals surface area contributed by atoms with Crippen molar-refractivity contribution >= 4 is 33.5 Å². The first kappa shape index (κ1) is 22.4. The van der Waals surface area contributed by atoms with E-state index < -0.39 is 5.82 Å². The maximum Gasteiger partial charge on any atom is 0.224 e. The van der Waals surface area contributed by atoms with Crippen LogP contribution in [-0.2, 0) is 4.79 Å². The summed E-state index contributed by atoms with van der Waals surface area (Å²) < 4.78 is 15.9. The van der Waals surface area contributed by atoms with Crippen molar-refractivity contribution in [3.05, 3.63) is 67.1 Å². The molecule has 182 valence electrons. The van der Waals surface area contributed by atoms with Crippen molar-refractivity contribution in [2.45, 2.75) is 19.8 Å². The summed E-state index contributed by atoms with van der Waals surface area (Å²) in [6.07, 6.45) is 8.98. The molecule has 0 unspecified atom stereocenters. The molecule has 0 aromatic carbocycles. The number of nitrogens with zero attached hydrogens (tertiary/aromatic N) is 6. The van der Waals surface area contributed by atoms with Gasteiger partial charge < -0.3 is 10.3 Å². The molecule has 6 heterocycles. The molecule has 11 heteroatoms. The molecule has 10 nitrogen and oxygen atoms in total. The van der Waals surface area contributed by atoms with Crippen LogP contribution in [0.15, 0.2) is 61.3 Å². The summed E-state index contributed by atoms with van der Waals surface area (Å²) in [7, 11) is 0. The molecule has 3 N–H and O–H groups in total. The first-order chi connectivity index (χ1) is 18.1. The minimum absolute atomic E-state index is 0.0844. The fourth-order valence-corrected chi connectivity index (χ4v) is 4.17. The predicted octanol–water partition coefficient (Wildman–Crippen LogP) is 4.90. The van der Waals surface area contributed by atoms with Crippen LogP contribution in [-0.4, -0.2) is 46.0 Å². The van der Waals surface area contributed by atoms with Crippen LogP contribution in [0.1, 0.15) is 19.8 Å². The van der Waals surface area contributed by atoms with Gasteiger partial charge in [0.2, 0.25) is 5.91 Å². The van der Waals surface area contributed by atoms with Gasteiger partial charge in [0.15, 0.2) is 11.6 Å². The van der Waals surface area contributed by atoms with Crippen molar-refractivity contribution in [1.82, 2.24) is 40.1 Å². The van der Waals surface area contributed by atoms with E-state index in [0.717, 1.165) is 11.9 Å². The molecule has 0 aliphatic carbocycles. The van der Waals surface area contributed by atoms with Crippen molar-refractivity contribution < 1.29 is 9.18 Å². The molecular weight excluding hydrogens is 473 g/mol. The van der Waals surface area contributed by atoms with Gasteiger partial charge in [0.1, 0.15) is 22.6 Å². The number of hydrogen-bond donors (Lipinski definition) is 3. The lowest BCUT2D eigenvalue weighted by Gasteiger charge is -2.07. The number of aromatic nitrogens is 8.